The van der Waals surface area contributed by atoms with Crippen molar-refractivity contribution in [3.05, 3.63) is 83.7 Å². The summed E-state index contributed by atoms with van der Waals surface area (Å²) in [5.74, 6) is 1.14. The first kappa shape index (κ1) is 31.2. The summed E-state index contributed by atoms with van der Waals surface area (Å²) < 4.78 is 0. The number of carbonyl (C=O) groups excluding carboxylic acids is 2. The number of hydrogen-bond acceptors (Lipinski definition) is 11. The number of nitrogens with zero attached hydrogens (tertiary/aromatic N) is 7. The number of nitrogen functional groups attached to an aromatic ring is 1. The van der Waals surface area contributed by atoms with E-state index in [-0.39, 0.29) is 35.6 Å². The zero-order chi connectivity index (χ0) is 33.5. The van der Waals surface area contributed by atoms with Crippen LogP contribution in [0.25, 0.3) is 11.3 Å². The van der Waals surface area contributed by atoms with Crippen molar-refractivity contribution in [2.75, 3.05) is 41.7 Å². The van der Waals surface area contributed by atoms with E-state index in [0.717, 1.165) is 75.6 Å². The summed E-state index contributed by atoms with van der Waals surface area (Å²) in [5.41, 5.74) is 11.8. The number of amides is 2. The Balaban J connectivity index is 0.879. The Morgan fingerprint density at radius 2 is 1.61 bits per heavy atom. The van der Waals surface area contributed by atoms with Crippen molar-refractivity contribution in [2.45, 2.75) is 69.0 Å². The van der Waals surface area contributed by atoms with Crippen molar-refractivity contribution >= 4 is 29.3 Å². The second-order valence-corrected chi connectivity index (χ2v) is 13.8. The van der Waals surface area contributed by atoms with Gasteiger partial charge in [-0.25, -0.2) is 9.97 Å². The van der Waals surface area contributed by atoms with Gasteiger partial charge < -0.3 is 20.6 Å². The third-order valence-corrected chi connectivity index (χ3v) is 10.8. The number of benzene rings is 2. The molecule has 0 spiro atoms. The molecule has 0 saturated carbocycles. The van der Waals surface area contributed by atoms with Gasteiger partial charge in [0.15, 0.2) is 5.82 Å². The first-order chi connectivity index (χ1) is 23.9. The van der Waals surface area contributed by atoms with Crippen LogP contribution in [0.1, 0.15) is 67.1 Å². The number of likely N-dealkylation sites (tertiary alicyclic amines) is 1. The summed E-state index contributed by atoms with van der Waals surface area (Å²) in [5, 5.41) is 21.3. The topological polar surface area (TPSA) is 154 Å². The number of aromatic nitrogens is 4. The summed E-state index contributed by atoms with van der Waals surface area (Å²) in [6.45, 7) is 4.38. The Hall–Kier alpha value is -5.10. The molecule has 12 nitrogen and oxygen atoms in total. The number of nitrogens with one attached hydrogen (secondary N) is 1. The van der Waals surface area contributed by atoms with Gasteiger partial charge in [0, 0.05) is 56.1 Å². The summed E-state index contributed by atoms with van der Waals surface area (Å²) >= 11 is 0. The fourth-order valence-corrected chi connectivity index (χ4v) is 8.17. The van der Waals surface area contributed by atoms with Gasteiger partial charge in [-0.3, -0.25) is 19.8 Å². The highest BCUT2D eigenvalue weighted by Gasteiger charge is 2.42. The van der Waals surface area contributed by atoms with E-state index in [1.54, 1.807) is 12.1 Å². The molecule has 2 aromatic carbocycles. The van der Waals surface area contributed by atoms with Crippen LogP contribution in [0.3, 0.4) is 0 Å². The predicted molar refractivity (Wildman–Crippen MR) is 186 cm³/mol. The molecule has 4 saturated heterocycles. The van der Waals surface area contributed by atoms with E-state index in [2.05, 4.69) is 42.3 Å². The molecule has 4 fully saturated rings. The van der Waals surface area contributed by atoms with Gasteiger partial charge in [0.25, 0.3) is 0 Å². The van der Waals surface area contributed by atoms with Crippen molar-refractivity contribution in [3.8, 4) is 17.0 Å². The highest BCUT2D eigenvalue weighted by Crippen LogP contribution is 2.38. The molecule has 4 aromatic rings. The van der Waals surface area contributed by atoms with Crippen LogP contribution in [0, 0.1) is 0 Å². The lowest BCUT2D eigenvalue weighted by molar-refractivity contribution is -0.134. The molecule has 4 aliphatic heterocycles. The Morgan fingerprint density at radius 1 is 0.857 bits per heavy atom. The second-order valence-electron chi connectivity index (χ2n) is 13.8. The molecule has 49 heavy (non-hydrogen) atoms. The largest absolute Gasteiger partial charge is 0.507 e. The smallest absolute Gasteiger partial charge is 0.234 e. The van der Waals surface area contributed by atoms with Crippen molar-refractivity contribution in [3.63, 3.8) is 0 Å². The molecule has 2 aromatic heterocycles. The third kappa shape index (κ3) is 6.28. The number of hydrogen-bond donors (Lipinski definition) is 3. The summed E-state index contributed by atoms with van der Waals surface area (Å²) in [6.07, 6.45) is 9.23. The molecule has 0 aliphatic carbocycles. The highest BCUT2D eigenvalue weighted by atomic mass is 16.3. The fourth-order valence-electron chi connectivity index (χ4n) is 8.17. The molecule has 4 aliphatic rings. The van der Waals surface area contributed by atoms with Crippen LogP contribution in [-0.2, 0) is 16.1 Å². The number of para-hydroxylation sites is 1. The maximum atomic E-state index is 12.4. The van der Waals surface area contributed by atoms with Crippen molar-refractivity contribution in [1.82, 2.24) is 30.4 Å². The molecule has 252 valence electrons. The van der Waals surface area contributed by atoms with E-state index in [4.69, 9.17) is 15.7 Å². The Bertz CT molecular complexity index is 1850. The van der Waals surface area contributed by atoms with E-state index < -0.39 is 0 Å². The number of anilines is 3. The Kier molecular flexibility index (Phi) is 8.32. The molecule has 2 bridgehead atoms. The summed E-state index contributed by atoms with van der Waals surface area (Å²) in [4.78, 5) is 40.9. The monoisotopic (exact) mass is 659 g/mol. The van der Waals surface area contributed by atoms with Crippen LogP contribution >= 0.6 is 0 Å². The van der Waals surface area contributed by atoms with Crippen molar-refractivity contribution < 1.29 is 14.7 Å². The molecule has 6 heterocycles. The zero-order valence-electron chi connectivity index (χ0n) is 27.4. The standard InChI is InChI=1S/C37H41N9O3/c38-35-32(17-31(42-43-35)30-6-1-2-7-33(30)47)45-21-27-8-9-28(22-45)46(27)37-39-18-26(19-40-37)24-12-14-44(15-13-24)20-23-4-3-5-25(16-23)29-10-11-34(48)41-36(29)49/h1-7,16-19,24,27-29,47H,8-15,20-22H2,(H2,38,43)(H,41,48,49). The highest BCUT2D eigenvalue weighted by molar-refractivity contribution is 6.00. The fraction of sp³-hybridized carbons (Fsp3) is 0.405. The predicted octanol–water partition coefficient (Wildman–Crippen LogP) is 3.98. The van der Waals surface area contributed by atoms with Gasteiger partial charge in [0.1, 0.15) is 5.75 Å². The van der Waals surface area contributed by atoms with Gasteiger partial charge in [0.2, 0.25) is 17.8 Å². The lowest BCUT2D eigenvalue weighted by Crippen LogP contribution is -2.54. The van der Waals surface area contributed by atoms with Gasteiger partial charge in [-0.15, -0.1) is 10.2 Å². The van der Waals surface area contributed by atoms with Crippen LogP contribution in [0.4, 0.5) is 17.5 Å². The van der Waals surface area contributed by atoms with Gasteiger partial charge in [0.05, 0.1) is 17.3 Å². The second kappa shape index (κ2) is 13.1. The van der Waals surface area contributed by atoms with Crippen LogP contribution in [0.2, 0.25) is 0 Å². The van der Waals surface area contributed by atoms with Crippen LogP contribution in [0.15, 0.2) is 67.0 Å². The first-order valence-electron chi connectivity index (χ1n) is 17.3. The number of aromatic hydroxyl groups is 1. The molecule has 3 atom stereocenters. The molecular formula is C37H41N9O3. The van der Waals surface area contributed by atoms with Gasteiger partial charge in [-0.1, -0.05) is 36.4 Å². The summed E-state index contributed by atoms with van der Waals surface area (Å²) in [6, 6.07) is 17.9. The number of rotatable bonds is 7. The number of fused-ring (bicyclic) bond motifs is 2. The number of piperidine rings is 2. The molecule has 3 unspecified atom stereocenters. The van der Waals surface area contributed by atoms with E-state index >= 15 is 0 Å². The average Bonchev–Trinajstić information content (AvgIpc) is 3.38. The molecule has 8 rings (SSSR count). The first-order valence-corrected chi connectivity index (χ1v) is 17.3. The number of phenols is 1. The SMILES string of the molecule is Nc1nnc(-c2ccccc2O)cc1N1CC2CCC(C1)N2c1ncc(C2CCN(Cc3cccc(C4CCC(=O)NC4=O)c3)CC2)cn1. The molecule has 2 amide bonds. The number of nitrogens with two attached hydrogens (primary N) is 1. The minimum Gasteiger partial charge on any atom is -0.507 e. The van der Waals surface area contributed by atoms with Crippen LogP contribution in [0.5, 0.6) is 5.75 Å². The van der Waals surface area contributed by atoms with Gasteiger partial charge in [-0.05, 0) is 86.0 Å². The van der Waals surface area contributed by atoms with Crippen molar-refractivity contribution in [1.29, 1.82) is 0 Å². The number of piperazine rings is 1. The molecule has 0 radical (unpaired) electrons. The maximum Gasteiger partial charge on any atom is 0.234 e. The summed E-state index contributed by atoms with van der Waals surface area (Å²) in [7, 11) is 0. The Morgan fingerprint density at radius 3 is 2.35 bits per heavy atom. The number of imide groups is 1. The van der Waals surface area contributed by atoms with Gasteiger partial charge in [-0.2, -0.15) is 0 Å². The molecular weight excluding hydrogens is 618 g/mol. The quantitative estimate of drug-likeness (QED) is 0.247. The lowest BCUT2D eigenvalue weighted by atomic mass is 9.89. The average molecular weight is 660 g/mol. The van der Waals surface area contributed by atoms with E-state index in [1.165, 1.54) is 11.1 Å². The minimum absolute atomic E-state index is 0.165. The van der Waals surface area contributed by atoms with Crippen LogP contribution < -0.4 is 20.9 Å². The van der Waals surface area contributed by atoms with E-state index in [9.17, 15) is 14.7 Å². The normalized spacial score (nSPS) is 23.1. The van der Waals surface area contributed by atoms with Gasteiger partial charge >= 0.3 is 0 Å². The number of carbonyl (C=O) groups is 2. The van der Waals surface area contributed by atoms with Crippen LogP contribution in [-0.4, -0.2) is 80.2 Å². The van der Waals surface area contributed by atoms with Crippen molar-refractivity contribution in [2.24, 2.45) is 0 Å². The minimum atomic E-state index is -0.257. The number of phenolic OH excluding ortho intramolecular Hbond substituents is 1. The zero-order valence-corrected chi connectivity index (χ0v) is 27.4. The maximum absolute atomic E-state index is 12.4. The van der Waals surface area contributed by atoms with E-state index in [1.807, 2.05) is 42.7 Å². The molecule has 12 heteroatoms. The van der Waals surface area contributed by atoms with E-state index in [0.29, 0.717) is 35.8 Å². The lowest BCUT2D eigenvalue weighted by Gasteiger charge is -2.42. The Labute approximate surface area is 285 Å². The third-order valence-electron chi connectivity index (χ3n) is 10.8. The molecule has 4 N–H and O–H groups in total.